The first-order valence-corrected chi connectivity index (χ1v) is 7.49. The minimum absolute atomic E-state index is 0.367. The molecule has 1 saturated heterocycles. The summed E-state index contributed by atoms with van der Waals surface area (Å²) in [6.45, 7) is 9.30. The fraction of sp³-hybridized carbons (Fsp3) is 0.471. The normalized spacial score (nSPS) is 19.8. The Morgan fingerprint density at radius 3 is 2.30 bits per heavy atom. The van der Waals surface area contributed by atoms with Gasteiger partial charge in [0.15, 0.2) is 0 Å². The standard InChI is InChI=1S/C17H22BFO4/c1-11-7-8-12(15(20)21-6)9-13(11)10-14(19)18-22-16(2,3)17(4,5)23-18/h7-10H,1-6H3/b14-10-. The summed E-state index contributed by atoms with van der Waals surface area (Å²) in [6.07, 6.45) is 1.34. The van der Waals surface area contributed by atoms with Crippen molar-refractivity contribution in [2.45, 2.75) is 45.8 Å². The van der Waals surface area contributed by atoms with Crippen LogP contribution in [0.5, 0.6) is 0 Å². The molecule has 0 radical (unpaired) electrons. The topological polar surface area (TPSA) is 44.8 Å². The van der Waals surface area contributed by atoms with E-state index in [0.29, 0.717) is 11.1 Å². The van der Waals surface area contributed by atoms with E-state index in [1.165, 1.54) is 13.2 Å². The smallest absolute Gasteiger partial charge is 0.465 e. The van der Waals surface area contributed by atoms with Crippen LogP contribution in [0, 0.1) is 6.92 Å². The number of carbonyl (C=O) groups excluding carboxylic acids is 1. The fourth-order valence-electron chi connectivity index (χ4n) is 2.21. The molecule has 6 heteroatoms. The lowest BCUT2D eigenvalue weighted by atomic mass is 9.86. The molecule has 124 valence electrons. The molecule has 0 bridgehead atoms. The van der Waals surface area contributed by atoms with Crippen LogP contribution in [0.1, 0.15) is 49.2 Å². The van der Waals surface area contributed by atoms with E-state index >= 15 is 0 Å². The molecule has 0 atom stereocenters. The molecule has 23 heavy (non-hydrogen) atoms. The highest BCUT2D eigenvalue weighted by molar-refractivity contribution is 6.54. The van der Waals surface area contributed by atoms with Crippen molar-refractivity contribution in [3.05, 3.63) is 40.6 Å². The van der Waals surface area contributed by atoms with Crippen molar-refractivity contribution in [3.63, 3.8) is 0 Å². The van der Waals surface area contributed by atoms with Gasteiger partial charge >= 0.3 is 13.1 Å². The summed E-state index contributed by atoms with van der Waals surface area (Å²) < 4.78 is 30.6. The molecule has 4 nitrogen and oxygen atoms in total. The van der Waals surface area contributed by atoms with E-state index in [0.717, 1.165) is 5.56 Å². The Bertz CT molecular complexity index is 636. The van der Waals surface area contributed by atoms with Gasteiger partial charge in [0.2, 0.25) is 0 Å². The van der Waals surface area contributed by atoms with Crippen LogP contribution in [-0.2, 0) is 14.0 Å². The fourth-order valence-corrected chi connectivity index (χ4v) is 2.21. The predicted molar refractivity (Wildman–Crippen MR) is 87.7 cm³/mol. The first-order valence-electron chi connectivity index (χ1n) is 7.49. The number of aryl methyl sites for hydroxylation is 1. The molecule has 1 aliphatic rings. The van der Waals surface area contributed by atoms with Gasteiger partial charge in [-0.3, -0.25) is 0 Å². The zero-order chi connectivity index (χ0) is 17.4. The van der Waals surface area contributed by atoms with Crippen molar-refractivity contribution >= 4 is 19.2 Å². The highest BCUT2D eigenvalue weighted by atomic mass is 19.1. The molecule has 1 aliphatic heterocycles. The quantitative estimate of drug-likeness (QED) is 0.629. The third kappa shape index (κ3) is 3.48. The van der Waals surface area contributed by atoms with Gasteiger partial charge in [-0.25, -0.2) is 9.18 Å². The number of rotatable bonds is 3. The predicted octanol–water partition coefficient (Wildman–Crippen LogP) is 3.72. The number of ether oxygens (including phenoxy) is 1. The van der Waals surface area contributed by atoms with Crippen molar-refractivity contribution in [2.24, 2.45) is 0 Å². The van der Waals surface area contributed by atoms with Crippen molar-refractivity contribution in [2.75, 3.05) is 7.11 Å². The lowest BCUT2D eigenvalue weighted by molar-refractivity contribution is 0.00578. The molecule has 0 N–H and O–H groups in total. The van der Waals surface area contributed by atoms with Crippen molar-refractivity contribution in [3.8, 4) is 0 Å². The minimum atomic E-state index is -1.05. The summed E-state index contributed by atoms with van der Waals surface area (Å²) >= 11 is 0. The summed E-state index contributed by atoms with van der Waals surface area (Å²) in [4.78, 5) is 11.6. The SMILES string of the molecule is COC(=O)c1ccc(C)c(/C=C(\F)B2OC(C)(C)C(C)(C)O2)c1. The summed E-state index contributed by atoms with van der Waals surface area (Å²) in [5.74, 6) is -0.462. The average molecular weight is 320 g/mol. The largest absolute Gasteiger partial charge is 0.525 e. The van der Waals surface area contributed by atoms with Gasteiger partial charge in [0, 0.05) is 0 Å². The monoisotopic (exact) mass is 320 g/mol. The van der Waals surface area contributed by atoms with Crippen LogP contribution >= 0.6 is 0 Å². The second-order valence-electron chi connectivity index (χ2n) is 6.68. The Morgan fingerprint density at radius 1 is 1.22 bits per heavy atom. The molecule has 0 aromatic heterocycles. The van der Waals surface area contributed by atoms with Gasteiger partial charge in [-0.2, -0.15) is 0 Å². The highest BCUT2D eigenvalue weighted by Crippen LogP contribution is 2.39. The summed E-state index contributed by atoms with van der Waals surface area (Å²) in [7, 11) is 0.254. The Balaban J connectivity index is 2.30. The molecule has 2 rings (SSSR count). The summed E-state index contributed by atoms with van der Waals surface area (Å²) in [5, 5.41) is 0. The van der Waals surface area contributed by atoms with E-state index in [2.05, 4.69) is 4.74 Å². The first kappa shape index (κ1) is 17.7. The number of hydrogen-bond donors (Lipinski definition) is 0. The van der Waals surface area contributed by atoms with Gasteiger partial charge in [-0.15, -0.1) is 0 Å². The molecule has 1 fully saturated rings. The maximum absolute atomic E-state index is 14.6. The third-order valence-corrected chi connectivity index (χ3v) is 4.47. The molecule has 1 aromatic carbocycles. The van der Waals surface area contributed by atoms with Crippen molar-refractivity contribution < 1.29 is 23.2 Å². The van der Waals surface area contributed by atoms with Gasteiger partial charge in [0.05, 0.1) is 23.9 Å². The van der Waals surface area contributed by atoms with E-state index in [1.54, 1.807) is 18.2 Å². The van der Waals surface area contributed by atoms with E-state index in [1.807, 2.05) is 34.6 Å². The number of hydrogen-bond acceptors (Lipinski definition) is 4. The second-order valence-corrected chi connectivity index (χ2v) is 6.68. The number of esters is 1. The van der Waals surface area contributed by atoms with Gasteiger partial charge < -0.3 is 14.0 Å². The number of methoxy groups -OCH3 is 1. The third-order valence-electron chi connectivity index (χ3n) is 4.47. The Morgan fingerprint density at radius 2 is 1.78 bits per heavy atom. The van der Waals surface area contributed by atoms with Crippen LogP contribution in [0.3, 0.4) is 0 Å². The highest BCUT2D eigenvalue weighted by Gasteiger charge is 2.53. The molecule has 0 saturated carbocycles. The molecule has 0 aliphatic carbocycles. The zero-order valence-electron chi connectivity index (χ0n) is 14.4. The van der Waals surface area contributed by atoms with Crippen molar-refractivity contribution in [1.29, 1.82) is 0 Å². The maximum atomic E-state index is 14.6. The van der Waals surface area contributed by atoms with Gasteiger partial charge in [0.1, 0.15) is 5.73 Å². The number of halogens is 1. The Kier molecular flexibility index (Phi) is 4.69. The van der Waals surface area contributed by atoms with Gasteiger partial charge in [-0.05, 0) is 64.0 Å². The Hall–Kier alpha value is -1.66. The zero-order valence-corrected chi connectivity index (χ0v) is 14.4. The first-order chi connectivity index (χ1) is 10.6. The summed E-state index contributed by atoms with van der Waals surface area (Å²) in [5.41, 5.74) is 0.0431. The maximum Gasteiger partial charge on any atom is 0.525 e. The lowest BCUT2D eigenvalue weighted by Gasteiger charge is -2.32. The van der Waals surface area contributed by atoms with Gasteiger partial charge in [-0.1, -0.05) is 6.07 Å². The lowest BCUT2D eigenvalue weighted by Crippen LogP contribution is -2.41. The van der Waals surface area contributed by atoms with Crippen molar-refractivity contribution in [1.82, 2.24) is 0 Å². The van der Waals surface area contributed by atoms with Crippen LogP contribution in [0.4, 0.5) is 4.39 Å². The Labute approximate surface area is 136 Å². The second kappa shape index (κ2) is 6.09. The van der Waals surface area contributed by atoms with Crippen LogP contribution in [0.15, 0.2) is 23.9 Å². The molecular formula is C17H22BFO4. The van der Waals surface area contributed by atoms with Crippen LogP contribution in [0.25, 0.3) is 6.08 Å². The van der Waals surface area contributed by atoms with Gasteiger partial charge in [0.25, 0.3) is 0 Å². The van der Waals surface area contributed by atoms with Crippen LogP contribution in [0.2, 0.25) is 0 Å². The average Bonchev–Trinajstić information content (AvgIpc) is 2.69. The number of benzene rings is 1. The molecule has 1 aromatic rings. The van der Waals surface area contributed by atoms with Crippen LogP contribution in [-0.4, -0.2) is 31.4 Å². The number of carbonyl (C=O) groups is 1. The van der Waals surface area contributed by atoms with Crippen LogP contribution < -0.4 is 0 Å². The van der Waals surface area contributed by atoms with E-state index in [9.17, 15) is 9.18 Å². The van der Waals surface area contributed by atoms with E-state index in [4.69, 9.17) is 9.31 Å². The minimum Gasteiger partial charge on any atom is -0.465 e. The molecule has 0 amide bonds. The molecule has 0 unspecified atom stereocenters. The molecule has 0 spiro atoms. The molecule has 1 heterocycles. The summed E-state index contributed by atoms with van der Waals surface area (Å²) in [6, 6.07) is 4.98. The van der Waals surface area contributed by atoms with E-state index < -0.39 is 30.0 Å². The van der Waals surface area contributed by atoms with E-state index in [-0.39, 0.29) is 0 Å². The molecular weight excluding hydrogens is 298 g/mol.